The molecule has 126 valence electrons. The monoisotopic (exact) mass is 350 g/mol. The van der Waals surface area contributed by atoms with Crippen LogP contribution in [-0.4, -0.2) is 21.8 Å². The zero-order valence-corrected chi connectivity index (χ0v) is 14.7. The predicted molar refractivity (Wildman–Crippen MR) is 101 cm³/mol. The first-order chi connectivity index (χ1) is 12.3. The number of fused-ring (bicyclic) bond motifs is 1. The number of aromatic hydroxyl groups is 1. The van der Waals surface area contributed by atoms with Crippen LogP contribution in [0.2, 0.25) is 0 Å². The smallest absolute Gasteiger partial charge is 0.151 e. The number of para-hydroxylation sites is 1. The van der Waals surface area contributed by atoms with Gasteiger partial charge in [-0.05, 0) is 47.7 Å². The van der Waals surface area contributed by atoms with Crippen molar-refractivity contribution in [2.24, 2.45) is 0 Å². The summed E-state index contributed by atoms with van der Waals surface area (Å²) in [5, 5.41) is 11.5. The van der Waals surface area contributed by atoms with E-state index in [1.807, 2.05) is 36.4 Å². The van der Waals surface area contributed by atoms with Crippen molar-refractivity contribution < 1.29 is 9.84 Å². The molecule has 0 unspecified atom stereocenters. The maximum absolute atomic E-state index is 9.46. The second-order valence-electron chi connectivity index (χ2n) is 5.81. The van der Waals surface area contributed by atoms with Crippen molar-refractivity contribution in [2.45, 2.75) is 13.0 Å². The lowest BCUT2D eigenvalue weighted by Gasteiger charge is -2.11. The van der Waals surface area contributed by atoms with Crippen molar-refractivity contribution >= 4 is 22.4 Å². The quantitative estimate of drug-likeness (QED) is 0.566. The number of methoxy groups -OCH3 is 1. The number of hydrogen-bond acceptors (Lipinski definition) is 4. The molecule has 0 aliphatic heterocycles. The van der Waals surface area contributed by atoms with Crippen LogP contribution in [0.1, 0.15) is 5.56 Å². The third-order valence-corrected chi connectivity index (χ3v) is 5.12. The number of benzene rings is 2. The van der Waals surface area contributed by atoms with E-state index < -0.39 is 0 Å². The van der Waals surface area contributed by atoms with Gasteiger partial charge in [0.05, 0.1) is 17.5 Å². The van der Waals surface area contributed by atoms with Gasteiger partial charge in [-0.15, -0.1) is 11.3 Å². The van der Waals surface area contributed by atoms with Crippen molar-refractivity contribution in [3.05, 3.63) is 65.5 Å². The molecule has 4 rings (SSSR count). The normalized spacial score (nSPS) is 11.1. The zero-order chi connectivity index (χ0) is 17.2. The van der Waals surface area contributed by atoms with Crippen molar-refractivity contribution in [3.8, 4) is 22.2 Å². The van der Waals surface area contributed by atoms with Gasteiger partial charge in [-0.2, -0.15) is 0 Å². The summed E-state index contributed by atoms with van der Waals surface area (Å²) in [5.74, 6) is 2.09. The van der Waals surface area contributed by atoms with Gasteiger partial charge < -0.3 is 14.4 Å². The van der Waals surface area contributed by atoms with Crippen LogP contribution in [0, 0.1) is 0 Å². The van der Waals surface area contributed by atoms with Gasteiger partial charge in [-0.3, -0.25) is 0 Å². The molecule has 2 aromatic carbocycles. The van der Waals surface area contributed by atoms with Crippen LogP contribution in [0.25, 0.3) is 21.7 Å². The molecule has 0 aliphatic rings. The van der Waals surface area contributed by atoms with E-state index in [9.17, 15) is 5.11 Å². The molecule has 0 amide bonds. The number of aryl methyl sites for hydroxylation is 2. The minimum Gasteiger partial charge on any atom is -0.508 e. The van der Waals surface area contributed by atoms with Gasteiger partial charge in [-0.25, -0.2) is 4.98 Å². The molecular weight excluding hydrogens is 332 g/mol. The van der Waals surface area contributed by atoms with Gasteiger partial charge in [0.2, 0.25) is 0 Å². The number of nitrogens with zero attached hydrogens (tertiary/aromatic N) is 2. The zero-order valence-electron chi connectivity index (χ0n) is 13.8. The summed E-state index contributed by atoms with van der Waals surface area (Å²) < 4.78 is 7.81. The molecule has 25 heavy (non-hydrogen) atoms. The van der Waals surface area contributed by atoms with E-state index in [4.69, 9.17) is 9.72 Å². The Bertz CT molecular complexity index is 989. The minimum absolute atomic E-state index is 0.290. The molecule has 0 bridgehead atoms. The average molecular weight is 350 g/mol. The Morgan fingerprint density at radius 2 is 1.92 bits per heavy atom. The highest BCUT2D eigenvalue weighted by Gasteiger charge is 2.16. The van der Waals surface area contributed by atoms with Gasteiger partial charge in [0.15, 0.2) is 5.82 Å². The van der Waals surface area contributed by atoms with E-state index in [1.54, 1.807) is 30.6 Å². The standard InChI is InChI=1S/C20H18N2O2S/c1-24-17-5-2-4-16-19(17)22(20(21-16)18-6-3-13-25-18)12-11-14-7-9-15(23)10-8-14/h2-10,13,23H,11-12H2,1H3. The van der Waals surface area contributed by atoms with E-state index in [-0.39, 0.29) is 5.75 Å². The van der Waals surface area contributed by atoms with Crippen LogP contribution >= 0.6 is 11.3 Å². The molecular formula is C20H18N2O2S. The van der Waals surface area contributed by atoms with Crippen LogP contribution in [0.4, 0.5) is 0 Å². The van der Waals surface area contributed by atoms with Gasteiger partial charge in [0, 0.05) is 6.54 Å². The molecule has 5 heteroatoms. The largest absolute Gasteiger partial charge is 0.508 e. The maximum Gasteiger partial charge on any atom is 0.151 e. The molecule has 0 atom stereocenters. The number of rotatable bonds is 5. The van der Waals surface area contributed by atoms with Crippen molar-refractivity contribution in [3.63, 3.8) is 0 Å². The molecule has 0 aliphatic carbocycles. The highest BCUT2D eigenvalue weighted by Crippen LogP contribution is 2.33. The molecule has 2 heterocycles. The first-order valence-corrected chi connectivity index (χ1v) is 8.99. The Morgan fingerprint density at radius 1 is 1.08 bits per heavy atom. The van der Waals surface area contributed by atoms with Crippen molar-refractivity contribution in [2.75, 3.05) is 7.11 Å². The lowest BCUT2D eigenvalue weighted by Crippen LogP contribution is -2.04. The van der Waals surface area contributed by atoms with Crippen LogP contribution in [0.15, 0.2) is 60.0 Å². The van der Waals surface area contributed by atoms with Gasteiger partial charge in [-0.1, -0.05) is 24.3 Å². The fourth-order valence-electron chi connectivity index (χ4n) is 3.03. The van der Waals surface area contributed by atoms with E-state index >= 15 is 0 Å². The van der Waals surface area contributed by atoms with Gasteiger partial charge in [0.25, 0.3) is 0 Å². The Kier molecular flexibility index (Phi) is 4.15. The van der Waals surface area contributed by atoms with Crippen molar-refractivity contribution in [1.82, 2.24) is 9.55 Å². The second-order valence-corrected chi connectivity index (χ2v) is 6.76. The fourth-order valence-corrected chi connectivity index (χ4v) is 3.75. The fraction of sp³-hybridized carbons (Fsp3) is 0.150. The number of imidazole rings is 1. The lowest BCUT2D eigenvalue weighted by molar-refractivity contribution is 0.417. The molecule has 4 nitrogen and oxygen atoms in total. The summed E-state index contributed by atoms with van der Waals surface area (Å²) in [5.41, 5.74) is 3.13. The Labute approximate surface area is 150 Å². The molecule has 0 fully saturated rings. The van der Waals surface area contributed by atoms with Crippen LogP contribution in [0.3, 0.4) is 0 Å². The third kappa shape index (κ3) is 2.98. The van der Waals surface area contributed by atoms with Crippen LogP contribution in [-0.2, 0) is 13.0 Å². The minimum atomic E-state index is 0.290. The van der Waals surface area contributed by atoms with E-state index in [0.717, 1.165) is 40.5 Å². The predicted octanol–water partition coefficient (Wildman–Crippen LogP) is 4.72. The Hall–Kier alpha value is -2.79. The van der Waals surface area contributed by atoms with E-state index in [2.05, 4.69) is 16.0 Å². The molecule has 0 radical (unpaired) electrons. The number of thiophene rings is 1. The van der Waals surface area contributed by atoms with Gasteiger partial charge in [0.1, 0.15) is 17.0 Å². The molecule has 4 aromatic rings. The van der Waals surface area contributed by atoms with Crippen LogP contribution in [0.5, 0.6) is 11.5 Å². The van der Waals surface area contributed by atoms with E-state index in [0.29, 0.717) is 0 Å². The highest BCUT2D eigenvalue weighted by molar-refractivity contribution is 7.13. The first-order valence-electron chi connectivity index (χ1n) is 8.11. The Balaban J connectivity index is 1.79. The number of phenolic OH excluding ortho intramolecular Hbond substituents is 1. The van der Waals surface area contributed by atoms with Gasteiger partial charge >= 0.3 is 0 Å². The summed E-state index contributed by atoms with van der Waals surface area (Å²) in [7, 11) is 1.69. The summed E-state index contributed by atoms with van der Waals surface area (Å²) in [6.45, 7) is 0.787. The topological polar surface area (TPSA) is 47.3 Å². The van der Waals surface area contributed by atoms with Crippen molar-refractivity contribution in [1.29, 1.82) is 0 Å². The SMILES string of the molecule is COc1cccc2nc(-c3cccs3)n(CCc3ccc(O)cc3)c12. The summed E-state index contributed by atoms with van der Waals surface area (Å²) in [4.78, 5) is 5.99. The summed E-state index contributed by atoms with van der Waals surface area (Å²) >= 11 is 1.69. The number of hydrogen-bond donors (Lipinski definition) is 1. The molecule has 2 aromatic heterocycles. The maximum atomic E-state index is 9.46. The van der Waals surface area contributed by atoms with E-state index in [1.165, 1.54) is 5.56 Å². The number of ether oxygens (including phenoxy) is 1. The molecule has 0 saturated carbocycles. The molecule has 1 N–H and O–H groups in total. The highest BCUT2D eigenvalue weighted by atomic mass is 32.1. The molecule has 0 spiro atoms. The summed E-state index contributed by atoms with van der Waals surface area (Å²) in [6.07, 6.45) is 0.849. The second kappa shape index (κ2) is 6.61. The third-order valence-electron chi connectivity index (χ3n) is 4.25. The van der Waals surface area contributed by atoms with Crippen LogP contribution < -0.4 is 4.74 Å². The lowest BCUT2D eigenvalue weighted by atomic mass is 10.1. The summed E-state index contributed by atoms with van der Waals surface area (Å²) in [6, 6.07) is 17.5. The Morgan fingerprint density at radius 3 is 2.64 bits per heavy atom. The molecule has 0 saturated heterocycles. The average Bonchev–Trinajstić information content (AvgIpc) is 3.28. The first kappa shape index (κ1) is 15.7. The number of aromatic nitrogens is 2. The number of phenols is 1.